The number of ether oxygens (including phenoxy) is 2. The topological polar surface area (TPSA) is 52.4 Å². The van der Waals surface area contributed by atoms with Gasteiger partial charge in [-0.2, -0.15) is 5.10 Å². The van der Waals surface area contributed by atoms with Crippen LogP contribution in [0.15, 0.2) is 36.9 Å². The van der Waals surface area contributed by atoms with Gasteiger partial charge in [-0.05, 0) is 25.0 Å². The first-order valence-electron chi connectivity index (χ1n) is 8.19. The number of rotatable bonds is 4. The molecular formula is C17H22N4O2. The van der Waals surface area contributed by atoms with Gasteiger partial charge in [0.1, 0.15) is 18.0 Å². The lowest BCUT2D eigenvalue weighted by Gasteiger charge is -2.32. The van der Waals surface area contributed by atoms with Crippen molar-refractivity contribution >= 4 is 0 Å². The predicted molar refractivity (Wildman–Crippen MR) is 85.0 cm³/mol. The Bertz CT molecular complexity index is 645. The zero-order valence-corrected chi connectivity index (χ0v) is 13.3. The molecule has 6 heteroatoms. The van der Waals surface area contributed by atoms with Crippen molar-refractivity contribution in [2.75, 3.05) is 13.2 Å². The average molecular weight is 314 g/mol. The Morgan fingerprint density at radius 3 is 3.13 bits per heavy atom. The van der Waals surface area contributed by atoms with E-state index in [4.69, 9.17) is 9.47 Å². The molecule has 0 aromatic carbocycles. The minimum atomic E-state index is 0.0566. The van der Waals surface area contributed by atoms with Gasteiger partial charge in [0.05, 0.1) is 12.4 Å². The predicted octanol–water partition coefficient (Wildman–Crippen LogP) is 1.63. The van der Waals surface area contributed by atoms with Gasteiger partial charge in [-0.15, -0.1) is 0 Å². The molecule has 0 N–H and O–H groups in total. The minimum Gasteiger partial charge on any atom is -0.485 e. The highest BCUT2D eigenvalue weighted by Gasteiger charge is 2.45. The molecule has 122 valence electrons. The zero-order chi connectivity index (χ0) is 15.6. The van der Waals surface area contributed by atoms with E-state index in [2.05, 4.69) is 21.2 Å². The first kappa shape index (κ1) is 14.7. The van der Waals surface area contributed by atoms with Crippen molar-refractivity contribution in [3.8, 4) is 5.75 Å². The molecular weight excluding hydrogens is 292 g/mol. The summed E-state index contributed by atoms with van der Waals surface area (Å²) in [6, 6.07) is 4.27. The van der Waals surface area contributed by atoms with Gasteiger partial charge in [-0.3, -0.25) is 14.6 Å². The summed E-state index contributed by atoms with van der Waals surface area (Å²) in [5.41, 5.74) is 1.24. The standard InChI is InChI=1S/C17H22N4O2/c1-20-10-13(8-19-20)11-21-12-16(17-15(21)5-3-7-22-17)23-14-4-2-6-18-9-14/h2,4,6,8-10,15-17H,3,5,7,11-12H2,1H3/t15-,16-,17-/m1/s1. The van der Waals surface area contributed by atoms with Gasteiger partial charge in [0, 0.05) is 50.7 Å². The van der Waals surface area contributed by atoms with E-state index in [0.717, 1.165) is 38.3 Å². The summed E-state index contributed by atoms with van der Waals surface area (Å²) >= 11 is 0. The second kappa shape index (κ2) is 6.29. The highest BCUT2D eigenvalue weighted by Crippen LogP contribution is 2.32. The van der Waals surface area contributed by atoms with E-state index in [9.17, 15) is 0 Å². The molecule has 0 bridgehead atoms. The van der Waals surface area contributed by atoms with Gasteiger partial charge in [0.2, 0.25) is 0 Å². The Hall–Kier alpha value is -1.92. The van der Waals surface area contributed by atoms with Crippen LogP contribution in [0.4, 0.5) is 0 Å². The molecule has 0 saturated carbocycles. The fourth-order valence-corrected chi connectivity index (χ4v) is 3.67. The van der Waals surface area contributed by atoms with Crippen molar-refractivity contribution in [3.05, 3.63) is 42.5 Å². The van der Waals surface area contributed by atoms with E-state index in [1.807, 2.05) is 30.1 Å². The summed E-state index contributed by atoms with van der Waals surface area (Å²) in [5, 5.41) is 4.27. The monoisotopic (exact) mass is 314 g/mol. The van der Waals surface area contributed by atoms with E-state index in [0.29, 0.717) is 6.04 Å². The molecule has 0 unspecified atom stereocenters. The lowest BCUT2D eigenvalue weighted by molar-refractivity contribution is -0.0472. The summed E-state index contributed by atoms with van der Waals surface area (Å²) < 4.78 is 14.1. The Morgan fingerprint density at radius 1 is 1.39 bits per heavy atom. The van der Waals surface area contributed by atoms with Gasteiger partial charge >= 0.3 is 0 Å². The summed E-state index contributed by atoms with van der Waals surface area (Å²) in [6.07, 6.45) is 10.0. The molecule has 2 saturated heterocycles. The molecule has 2 fully saturated rings. The van der Waals surface area contributed by atoms with Crippen LogP contribution < -0.4 is 4.74 Å². The maximum atomic E-state index is 6.17. The summed E-state index contributed by atoms with van der Waals surface area (Å²) in [5.74, 6) is 0.814. The molecule has 0 amide bonds. The Kier molecular flexibility index (Phi) is 4.01. The van der Waals surface area contributed by atoms with Gasteiger partial charge in [-0.1, -0.05) is 0 Å². The van der Waals surface area contributed by atoms with E-state index >= 15 is 0 Å². The zero-order valence-electron chi connectivity index (χ0n) is 13.3. The van der Waals surface area contributed by atoms with Crippen LogP contribution in [0, 0.1) is 0 Å². The summed E-state index contributed by atoms with van der Waals surface area (Å²) in [4.78, 5) is 6.60. The number of likely N-dealkylation sites (tertiary alicyclic amines) is 1. The highest BCUT2D eigenvalue weighted by molar-refractivity contribution is 5.17. The summed E-state index contributed by atoms with van der Waals surface area (Å²) in [7, 11) is 1.95. The quantitative estimate of drug-likeness (QED) is 0.858. The maximum Gasteiger partial charge on any atom is 0.139 e. The van der Waals surface area contributed by atoms with Gasteiger partial charge in [-0.25, -0.2) is 0 Å². The number of hydrogen-bond donors (Lipinski definition) is 0. The van der Waals surface area contributed by atoms with Gasteiger partial charge in [0.15, 0.2) is 0 Å². The fraction of sp³-hybridized carbons (Fsp3) is 0.529. The number of nitrogens with zero attached hydrogens (tertiary/aromatic N) is 4. The molecule has 2 aromatic rings. The largest absolute Gasteiger partial charge is 0.485 e. The van der Waals surface area contributed by atoms with Crippen molar-refractivity contribution in [2.45, 2.75) is 37.6 Å². The number of aromatic nitrogens is 3. The molecule has 23 heavy (non-hydrogen) atoms. The Balaban J connectivity index is 1.49. The molecule has 2 aliphatic rings. The lowest BCUT2D eigenvalue weighted by Crippen LogP contribution is -2.42. The SMILES string of the molecule is Cn1cc(CN2C[C@@H](Oc3cccnc3)[C@@H]3OCCC[C@H]32)cn1. The van der Waals surface area contributed by atoms with E-state index < -0.39 is 0 Å². The minimum absolute atomic E-state index is 0.0566. The molecule has 4 heterocycles. The van der Waals surface area contributed by atoms with Crippen LogP contribution >= 0.6 is 0 Å². The Labute approximate surface area is 136 Å². The first-order chi connectivity index (χ1) is 11.3. The second-order valence-corrected chi connectivity index (χ2v) is 6.34. The molecule has 0 radical (unpaired) electrons. The number of aryl methyl sites for hydroxylation is 1. The smallest absolute Gasteiger partial charge is 0.139 e. The molecule has 4 rings (SSSR count). The molecule has 6 nitrogen and oxygen atoms in total. The Morgan fingerprint density at radius 2 is 2.35 bits per heavy atom. The molecule has 0 aliphatic carbocycles. The maximum absolute atomic E-state index is 6.17. The third-order valence-corrected chi connectivity index (χ3v) is 4.65. The van der Waals surface area contributed by atoms with Crippen LogP contribution in [0.3, 0.4) is 0 Å². The van der Waals surface area contributed by atoms with Crippen LogP contribution in [0.25, 0.3) is 0 Å². The number of pyridine rings is 1. The normalized spacial score (nSPS) is 27.8. The average Bonchev–Trinajstić information content (AvgIpc) is 3.14. The van der Waals surface area contributed by atoms with E-state index in [1.165, 1.54) is 5.56 Å². The van der Waals surface area contributed by atoms with Crippen molar-refractivity contribution < 1.29 is 9.47 Å². The molecule has 2 aliphatic heterocycles. The highest BCUT2D eigenvalue weighted by atomic mass is 16.5. The molecule has 3 atom stereocenters. The van der Waals surface area contributed by atoms with Crippen molar-refractivity contribution in [1.29, 1.82) is 0 Å². The lowest BCUT2D eigenvalue weighted by atomic mass is 10.0. The summed E-state index contributed by atoms with van der Waals surface area (Å²) in [6.45, 7) is 2.60. The third kappa shape index (κ3) is 3.09. The number of fused-ring (bicyclic) bond motifs is 1. The van der Waals surface area contributed by atoms with Crippen LogP contribution in [-0.2, 0) is 18.3 Å². The second-order valence-electron chi connectivity index (χ2n) is 6.34. The fourth-order valence-electron chi connectivity index (χ4n) is 3.67. The molecule has 2 aromatic heterocycles. The van der Waals surface area contributed by atoms with Crippen molar-refractivity contribution in [2.24, 2.45) is 7.05 Å². The van der Waals surface area contributed by atoms with Crippen molar-refractivity contribution in [3.63, 3.8) is 0 Å². The third-order valence-electron chi connectivity index (χ3n) is 4.65. The van der Waals surface area contributed by atoms with Crippen LogP contribution in [0.5, 0.6) is 5.75 Å². The van der Waals surface area contributed by atoms with Crippen LogP contribution in [0.1, 0.15) is 18.4 Å². The van der Waals surface area contributed by atoms with Crippen molar-refractivity contribution in [1.82, 2.24) is 19.7 Å². The van der Waals surface area contributed by atoms with Gasteiger partial charge in [0.25, 0.3) is 0 Å². The molecule has 0 spiro atoms. The van der Waals surface area contributed by atoms with Crippen LogP contribution in [0.2, 0.25) is 0 Å². The van der Waals surface area contributed by atoms with E-state index in [-0.39, 0.29) is 12.2 Å². The van der Waals surface area contributed by atoms with E-state index in [1.54, 1.807) is 12.4 Å². The van der Waals surface area contributed by atoms with Gasteiger partial charge < -0.3 is 9.47 Å². The first-order valence-corrected chi connectivity index (χ1v) is 8.19. The van der Waals surface area contributed by atoms with Crippen LogP contribution in [-0.4, -0.2) is 51.1 Å². The number of hydrogen-bond acceptors (Lipinski definition) is 5.